The third kappa shape index (κ3) is 4.01. The zero-order valence-corrected chi connectivity index (χ0v) is 9.28. The van der Waals surface area contributed by atoms with Crippen molar-refractivity contribution in [2.75, 3.05) is 26.2 Å². The van der Waals surface area contributed by atoms with E-state index >= 15 is 0 Å². The molecule has 2 unspecified atom stereocenters. The largest absolute Gasteiger partial charge is 0.393 e. The molecule has 0 aliphatic carbocycles. The summed E-state index contributed by atoms with van der Waals surface area (Å²) in [6, 6.07) is 0. The van der Waals surface area contributed by atoms with Crippen LogP contribution in [0.4, 0.5) is 0 Å². The van der Waals surface area contributed by atoms with Gasteiger partial charge < -0.3 is 10.4 Å². The van der Waals surface area contributed by atoms with Crippen LogP contribution in [-0.2, 0) is 4.79 Å². The Morgan fingerprint density at radius 1 is 1.80 bits per heavy atom. The number of hydrogen-bond donors (Lipinski definition) is 2. The van der Waals surface area contributed by atoms with Crippen LogP contribution in [0, 0.1) is 5.92 Å². The third-order valence-electron chi connectivity index (χ3n) is 2.80. The highest BCUT2D eigenvalue weighted by Gasteiger charge is 2.26. The molecule has 0 aromatic rings. The van der Waals surface area contributed by atoms with Gasteiger partial charge in [0.25, 0.3) is 0 Å². The van der Waals surface area contributed by atoms with E-state index in [0.29, 0.717) is 19.0 Å². The van der Waals surface area contributed by atoms with Gasteiger partial charge in [0.05, 0.1) is 12.6 Å². The fraction of sp³-hybridized carbons (Fsp3) is 0.727. The Kier molecular flexibility index (Phi) is 4.78. The van der Waals surface area contributed by atoms with Crippen LogP contribution in [0.5, 0.6) is 0 Å². The Morgan fingerprint density at radius 2 is 2.53 bits per heavy atom. The first-order valence-corrected chi connectivity index (χ1v) is 5.41. The number of aliphatic hydroxyl groups is 1. The summed E-state index contributed by atoms with van der Waals surface area (Å²) in [6.07, 6.45) is 2.37. The molecule has 1 heterocycles. The summed E-state index contributed by atoms with van der Waals surface area (Å²) >= 11 is 0. The van der Waals surface area contributed by atoms with E-state index in [2.05, 4.69) is 16.8 Å². The van der Waals surface area contributed by atoms with Crippen molar-refractivity contribution in [2.45, 2.75) is 19.4 Å². The van der Waals surface area contributed by atoms with Crippen LogP contribution in [0.25, 0.3) is 0 Å². The molecule has 4 heteroatoms. The monoisotopic (exact) mass is 212 g/mol. The summed E-state index contributed by atoms with van der Waals surface area (Å²) in [4.78, 5) is 13.5. The molecule has 1 saturated heterocycles. The fourth-order valence-electron chi connectivity index (χ4n) is 1.84. The van der Waals surface area contributed by atoms with Crippen LogP contribution in [0.15, 0.2) is 12.7 Å². The van der Waals surface area contributed by atoms with Crippen LogP contribution in [-0.4, -0.2) is 48.2 Å². The molecule has 0 radical (unpaired) electrons. The van der Waals surface area contributed by atoms with Crippen molar-refractivity contribution in [1.29, 1.82) is 0 Å². The maximum atomic E-state index is 11.4. The minimum absolute atomic E-state index is 0.0288. The molecular weight excluding hydrogens is 192 g/mol. The van der Waals surface area contributed by atoms with Crippen LogP contribution in [0.2, 0.25) is 0 Å². The highest BCUT2D eigenvalue weighted by Crippen LogP contribution is 2.18. The summed E-state index contributed by atoms with van der Waals surface area (Å²) in [5.74, 6) is 0.346. The lowest BCUT2D eigenvalue weighted by Crippen LogP contribution is -2.36. The zero-order chi connectivity index (χ0) is 11.3. The highest BCUT2D eigenvalue weighted by molar-refractivity contribution is 5.78. The molecule has 86 valence electrons. The van der Waals surface area contributed by atoms with Gasteiger partial charge in [-0.3, -0.25) is 9.69 Å². The van der Waals surface area contributed by atoms with Gasteiger partial charge in [0, 0.05) is 13.1 Å². The van der Waals surface area contributed by atoms with Gasteiger partial charge in [-0.15, -0.1) is 6.58 Å². The van der Waals surface area contributed by atoms with Gasteiger partial charge in [0.15, 0.2) is 0 Å². The summed E-state index contributed by atoms with van der Waals surface area (Å²) in [5.41, 5.74) is 0. The second-order valence-corrected chi connectivity index (χ2v) is 4.12. The van der Waals surface area contributed by atoms with E-state index in [4.69, 9.17) is 0 Å². The molecule has 1 aliphatic rings. The van der Waals surface area contributed by atoms with Crippen LogP contribution < -0.4 is 5.32 Å². The average Bonchev–Trinajstić information content (AvgIpc) is 2.63. The second-order valence-electron chi connectivity index (χ2n) is 4.12. The molecule has 1 rings (SSSR count). The van der Waals surface area contributed by atoms with Crippen molar-refractivity contribution in [2.24, 2.45) is 5.92 Å². The van der Waals surface area contributed by atoms with Crippen molar-refractivity contribution in [3.63, 3.8) is 0 Å². The van der Waals surface area contributed by atoms with Crippen molar-refractivity contribution in [3.05, 3.63) is 12.7 Å². The molecule has 0 bridgehead atoms. The van der Waals surface area contributed by atoms with E-state index in [0.717, 1.165) is 19.5 Å². The highest BCUT2D eigenvalue weighted by atomic mass is 16.3. The molecule has 0 aromatic heterocycles. The zero-order valence-electron chi connectivity index (χ0n) is 9.28. The lowest BCUT2D eigenvalue weighted by molar-refractivity contribution is -0.121. The molecule has 1 aliphatic heterocycles. The topological polar surface area (TPSA) is 52.6 Å². The molecule has 1 fully saturated rings. The molecule has 0 aromatic carbocycles. The maximum Gasteiger partial charge on any atom is 0.234 e. The van der Waals surface area contributed by atoms with Gasteiger partial charge in [-0.2, -0.15) is 0 Å². The van der Waals surface area contributed by atoms with Crippen LogP contribution in [0.3, 0.4) is 0 Å². The number of hydrogen-bond acceptors (Lipinski definition) is 3. The normalized spacial score (nSPS) is 23.7. The summed E-state index contributed by atoms with van der Waals surface area (Å²) in [7, 11) is 0. The first-order chi connectivity index (χ1) is 7.13. The maximum absolute atomic E-state index is 11.4. The van der Waals surface area contributed by atoms with E-state index in [9.17, 15) is 9.90 Å². The molecule has 1 amide bonds. The Labute approximate surface area is 91.0 Å². The van der Waals surface area contributed by atoms with E-state index < -0.39 is 0 Å². The van der Waals surface area contributed by atoms with Gasteiger partial charge in [0.1, 0.15) is 0 Å². The number of aliphatic hydroxyl groups excluding tert-OH is 1. The number of carbonyl (C=O) groups is 1. The molecule has 0 saturated carbocycles. The molecular formula is C11H20N2O2. The van der Waals surface area contributed by atoms with E-state index in [1.165, 1.54) is 0 Å². The number of rotatable bonds is 5. The predicted molar refractivity (Wildman–Crippen MR) is 59.4 cm³/mol. The number of amides is 1. The number of nitrogens with zero attached hydrogens (tertiary/aromatic N) is 1. The standard InChI is InChI=1S/C11H20N2O2/c1-3-5-12-11(15)8-13-6-4-10(7-13)9(2)14/h3,9-10,14H,1,4-8H2,2H3,(H,12,15). The third-order valence-corrected chi connectivity index (χ3v) is 2.80. The van der Waals surface area contributed by atoms with Crippen LogP contribution in [0.1, 0.15) is 13.3 Å². The minimum atomic E-state index is -0.272. The predicted octanol–water partition coefficient (Wildman–Crippen LogP) is -0.00870. The number of likely N-dealkylation sites (tertiary alicyclic amines) is 1. The minimum Gasteiger partial charge on any atom is -0.393 e. The first kappa shape index (κ1) is 12.2. The second kappa shape index (κ2) is 5.88. The number of carbonyl (C=O) groups excluding carboxylic acids is 1. The fourth-order valence-corrected chi connectivity index (χ4v) is 1.84. The van der Waals surface area contributed by atoms with Crippen LogP contribution >= 0.6 is 0 Å². The van der Waals surface area contributed by atoms with E-state index in [1.807, 2.05) is 6.92 Å². The van der Waals surface area contributed by atoms with Crippen molar-refractivity contribution in [1.82, 2.24) is 10.2 Å². The lowest BCUT2D eigenvalue weighted by Gasteiger charge is -2.16. The first-order valence-electron chi connectivity index (χ1n) is 5.41. The molecule has 4 nitrogen and oxygen atoms in total. The quantitative estimate of drug-likeness (QED) is 0.630. The van der Waals surface area contributed by atoms with Crippen molar-refractivity contribution in [3.8, 4) is 0 Å². The SMILES string of the molecule is C=CCNC(=O)CN1CCC(C(C)O)C1. The average molecular weight is 212 g/mol. The molecule has 2 atom stereocenters. The lowest BCUT2D eigenvalue weighted by atomic mass is 10.0. The van der Waals surface area contributed by atoms with Gasteiger partial charge in [-0.25, -0.2) is 0 Å². The van der Waals surface area contributed by atoms with Gasteiger partial charge in [0.2, 0.25) is 5.91 Å². The Morgan fingerprint density at radius 3 is 3.07 bits per heavy atom. The smallest absolute Gasteiger partial charge is 0.234 e. The van der Waals surface area contributed by atoms with Crippen molar-refractivity contribution < 1.29 is 9.90 Å². The van der Waals surface area contributed by atoms with Gasteiger partial charge in [-0.05, 0) is 25.8 Å². The molecule has 0 spiro atoms. The van der Waals surface area contributed by atoms with Gasteiger partial charge >= 0.3 is 0 Å². The summed E-state index contributed by atoms with van der Waals surface area (Å²) < 4.78 is 0. The van der Waals surface area contributed by atoms with Crippen molar-refractivity contribution >= 4 is 5.91 Å². The molecule has 15 heavy (non-hydrogen) atoms. The van der Waals surface area contributed by atoms with E-state index in [1.54, 1.807) is 6.08 Å². The molecule has 2 N–H and O–H groups in total. The van der Waals surface area contributed by atoms with Gasteiger partial charge in [-0.1, -0.05) is 6.08 Å². The Bertz CT molecular complexity index is 229. The Hall–Kier alpha value is -0.870. The number of nitrogens with one attached hydrogen (secondary N) is 1. The summed E-state index contributed by atoms with van der Waals surface area (Å²) in [5, 5.41) is 12.1. The van der Waals surface area contributed by atoms with E-state index in [-0.39, 0.29) is 12.0 Å². The summed E-state index contributed by atoms with van der Waals surface area (Å²) in [6.45, 7) is 8.02. The Balaban J connectivity index is 2.23.